The van der Waals surface area contributed by atoms with Crippen molar-refractivity contribution >= 4 is 9.92 Å². The molecule has 1 atom stereocenters. The molecule has 0 saturated carbocycles. The molecule has 0 saturated heterocycles. The zero-order valence-electron chi connectivity index (χ0n) is 5.00. The smallest absolute Gasteiger partial charge is 0.216 e. The minimum Gasteiger partial charge on any atom is -0.230 e. The summed E-state index contributed by atoms with van der Waals surface area (Å²) in [6.45, 7) is 3.24. The second kappa shape index (κ2) is 3.22. The first-order valence-electron chi connectivity index (χ1n) is 2.14. The Hall–Kier alpha value is -0.860. The van der Waals surface area contributed by atoms with Gasteiger partial charge in [0.1, 0.15) is 9.92 Å². The summed E-state index contributed by atoms with van der Waals surface area (Å²) in [5.41, 5.74) is 0. The zero-order chi connectivity index (χ0) is 7.33. The van der Waals surface area contributed by atoms with Crippen molar-refractivity contribution in [2.75, 3.05) is 7.05 Å². The van der Waals surface area contributed by atoms with Crippen molar-refractivity contribution in [3.8, 4) is 6.19 Å². The molecule has 0 aliphatic carbocycles. The third kappa shape index (κ3) is 2.26. The van der Waals surface area contributed by atoms with Crippen molar-refractivity contribution < 1.29 is 4.21 Å². The summed E-state index contributed by atoms with van der Waals surface area (Å²) in [5, 5.41) is 9.09. The van der Waals surface area contributed by atoms with E-state index in [4.69, 9.17) is 5.26 Å². The van der Waals surface area contributed by atoms with Gasteiger partial charge in [-0.2, -0.15) is 5.26 Å². The lowest BCUT2D eigenvalue weighted by Crippen LogP contribution is -2.14. The summed E-state index contributed by atoms with van der Waals surface area (Å²) in [5.74, 6) is 0. The molecule has 0 spiro atoms. The predicted molar refractivity (Wildman–Crippen MR) is 35.4 cm³/mol. The van der Waals surface area contributed by atoms with Crippen molar-refractivity contribution in [1.82, 2.24) is 4.72 Å². The van der Waals surface area contributed by atoms with Gasteiger partial charge in [-0.1, -0.05) is 6.58 Å². The van der Waals surface area contributed by atoms with Gasteiger partial charge in [0.25, 0.3) is 0 Å². The van der Waals surface area contributed by atoms with Crippen LogP contribution in [0, 0.1) is 11.5 Å². The molecule has 1 N–H and O–H groups in total. The molecule has 0 aromatic heterocycles. The van der Waals surface area contributed by atoms with Gasteiger partial charge in [-0.3, -0.25) is 0 Å². The fraction of sp³-hybridized carbons (Fsp3) is 0.250. The minimum absolute atomic E-state index is 1.11. The molecule has 50 valence electrons. The van der Waals surface area contributed by atoms with E-state index in [1.807, 2.05) is 0 Å². The van der Waals surface area contributed by atoms with Gasteiger partial charge in [0.05, 0.1) is 0 Å². The average Bonchev–Trinajstić information content (AvgIpc) is 1.89. The SMILES string of the molecule is C=CS(=O)(=NC#N)NC. The Kier molecular flexibility index (Phi) is 2.91. The van der Waals surface area contributed by atoms with E-state index >= 15 is 0 Å². The molecule has 4 nitrogen and oxygen atoms in total. The lowest BCUT2D eigenvalue weighted by Gasteiger charge is -1.94. The molecule has 0 radical (unpaired) electrons. The first-order valence-corrected chi connectivity index (χ1v) is 3.72. The normalized spacial score (nSPS) is 15.1. The fourth-order valence-corrected chi connectivity index (χ4v) is 0.681. The Labute approximate surface area is 54.5 Å². The number of nitriles is 1. The Morgan fingerprint density at radius 2 is 2.56 bits per heavy atom. The standard InChI is InChI=1S/C4H7N3OS/c1-3-9(8,6-2)7-4-5/h3H,1H2,2H3,(H,6,7,8). The first kappa shape index (κ1) is 8.14. The molecule has 0 fully saturated rings. The maximum Gasteiger partial charge on any atom is 0.216 e. The van der Waals surface area contributed by atoms with Crippen LogP contribution in [0.15, 0.2) is 16.3 Å². The summed E-state index contributed by atoms with van der Waals surface area (Å²) in [6.07, 6.45) is 1.43. The van der Waals surface area contributed by atoms with Gasteiger partial charge < -0.3 is 0 Å². The summed E-state index contributed by atoms with van der Waals surface area (Å²) >= 11 is 0. The Balaban J connectivity index is 4.76. The summed E-state index contributed by atoms with van der Waals surface area (Å²) in [7, 11) is -1.19. The van der Waals surface area contributed by atoms with Crippen LogP contribution in [0.5, 0.6) is 0 Å². The number of rotatable bonds is 2. The second-order valence-electron chi connectivity index (χ2n) is 1.13. The lowest BCUT2D eigenvalue weighted by atomic mass is 11.3. The van der Waals surface area contributed by atoms with Gasteiger partial charge in [-0.05, 0) is 7.05 Å². The van der Waals surface area contributed by atoms with Crippen molar-refractivity contribution in [1.29, 1.82) is 5.26 Å². The average molecular weight is 145 g/mol. The molecule has 0 bridgehead atoms. The maximum atomic E-state index is 10.9. The molecule has 0 aromatic rings. The largest absolute Gasteiger partial charge is 0.230 e. The van der Waals surface area contributed by atoms with E-state index in [9.17, 15) is 4.21 Å². The highest BCUT2D eigenvalue weighted by Gasteiger charge is 1.94. The van der Waals surface area contributed by atoms with E-state index in [0.29, 0.717) is 0 Å². The molecular formula is C4H7N3OS. The van der Waals surface area contributed by atoms with Gasteiger partial charge in [0.15, 0.2) is 0 Å². The van der Waals surface area contributed by atoms with Crippen molar-refractivity contribution in [3.63, 3.8) is 0 Å². The summed E-state index contributed by atoms with van der Waals surface area (Å²) < 4.78 is 16.4. The van der Waals surface area contributed by atoms with Crippen molar-refractivity contribution in [2.45, 2.75) is 0 Å². The Morgan fingerprint density at radius 3 is 2.67 bits per heavy atom. The number of hydrogen-bond acceptors (Lipinski definition) is 3. The zero-order valence-corrected chi connectivity index (χ0v) is 5.81. The van der Waals surface area contributed by atoms with Crippen LogP contribution in [-0.2, 0) is 9.92 Å². The quantitative estimate of drug-likeness (QED) is 0.564. The van der Waals surface area contributed by atoms with E-state index in [1.54, 1.807) is 0 Å². The van der Waals surface area contributed by atoms with Crippen LogP contribution in [0.3, 0.4) is 0 Å². The van der Waals surface area contributed by atoms with Crippen LogP contribution in [0.2, 0.25) is 0 Å². The lowest BCUT2D eigenvalue weighted by molar-refractivity contribution is 0.677. The Bertz CT molecular complexity index is 243. The third-order valence-corrected chi connectivity index (χ3v) is 2.08. The number of nitrogens with zero attached hydrogens (tertiary/aromatic N) is 2. The van der Waals surface area contributed by atoms with Gasteiger partial charge in [-0.25, -0.2) is 8.93 Å². The van der Waals surface area contributed by atoms with Crippen molar-refractivity contribution in [3.05, 3.63) is 12.0 Å². The Morgan fingerprint density at radius 1 is 2.00 bits per heavy atom. The predicted octanol–water partition coefficient (Wildman–Crippen LogP) is 0.213. The van der Waals surface area contributed by atoms with E-state index in [-0.39, 0.29) is 0 Å². The molecule has 5 heteroatoms. The van der Waals surface area contributed by atoms with E-state index in [1.165, 1.54) is 13.2 Å². The second-order valence-corrected chi connectivity index (χ2v) is 3.19. The fourth-order valence-electron chi connectivity index (χ4n) is 0.227. The van der Waals surface area contributed by atoms with E-state index in [0.717, 1.165) is 5.41 Å². The maximum absolute atomic E-state index is 10.9. The number of nitrogens with one attached hydrogen (secondary N) is 1. The minimum atomic E-state index is -2.64. The van der Waals surface area contributed by atoms with E-state index in [2.05, 4.69) is 15.7 Å². The van der Waals surface area contributed by atoms with Gasteiger partial charge in [0, 0.05) is 5.41 Å². The van der Waals surface area contributed by atoms with Crippen LogP contribution < -0.4 is 4.72 Å². The molecule has 0 amide bonds. The van der Waals surface area contributed by atoms with Crippen LogP contribution in [0.4, 0.5) is 0 Å². The van der Waals surface area contributed by atoms with Gasteiger partial charge in [-0.15, -0.1) is 4.36 Å². The third-order valence-electron chi connectivity index (χ3n) is 0.695. The number of hydrogen-bond donors (Lipinski definition) is 1. The molecule has 0 aliphatic heterocycles. The molecule has 0 aromatic carbocycles. The molecule has 0 rings (SSSR count). The van der Waals surface area contributed by atoms with Gasteiger partial charge in [0.2, 0.25) is 6.19 Å². The first-order chi connectivity index (χ1) is 4.18. The molecule has 1 unspecified atom stereocenters. The topological polar surface area (TPSA) is 65.2 Å². The van der Waals surface area contributed by atoms with Crippen molar-refractivity contribution in [2.24, 2.45) is 4.36 Å². The van der Waals surface area contributed by atoms with E-state index < -0.39 is 9.92 Å². The van der Waals surface area contributed by atoms with Crippen LogP contribution in [-0.4, -0.2) is 11.3 Å². The summed E-state index contributed by atoms with van der Waals surface area (Å²) in [4.78, 5) is 0. The van der Waals surface area contributed by atoms with Crippen LogP contribution in [0.25, 0.3) is 0 Å². The highest BCUT2D eigenvalue weighted by Crippen LogP contribution is 1.87. The summed E-state index contributed by atoms with van der Waals surface area (Å²) in [6, 6.07) is 0. The molecule has 9 heavy (non-hydrogen) atoms. The highest BCUT2D eigenvalue weighted by atomic mass is 32.2. The molecule has 0 heterocycles. The highest BCUT2D eigenvalue weighted by molar-refractivity contribution is 7.94. The molecular weight excluding hydrogens is 138 g/mol. The van der Waals surface area contributed by atoms with Crippen LogP contribution in [0.1, 0.15) is 0 Å². The van der Waals surface area contributed by atoms with Crippen LogP contribution >= 0.6 is 0 Å². The van der Waals surface area contributed by atoms with Gasteiger partial charge >= 0.3 is 0 Å². The monoisotopic (exact) mass is 145 g/mol. The molecule has 0 aliphatic rings.